The quantitative estimate of drug-likeness (QED) is 0.626. The van der Waals surface area contributed by atoms with Crippen molar-refractivity contribution in [2.45, 2.75) is 19.3 Å². The standard InChI is InChI=1S/C10H13BrO2S/c1-10(2,6-11)8-5-4-7(14-8)9(12)13-3/h4-5H,6H2,1-3H3. The van der Waals surface area contributed by atoms with Crippen LogP contribution in [0.4, 0.5) is 0 Å². The lowest BCUT2D eigenvalue weighted by atomic mass is 9.95. The van der Waals surface area contributed by atoms with Gasteiger partial charge in [0.25, 0.3) is 0 Å². The molecule has 0 radical (unpaired) electrons. The zero-order valence-corrected chi connectivity index (χ0v) is 10.9. The summed E-state index contributed by atoms with van der Waals surface area (Å²) in [4.78, 5) is 13.1. The van der Waals surface area contributed by atoms with Crippen LogP contribution < -0.4 is 0 Å². The molecular weight excluding hydrogens is 264 g/mol. The largest absolute Gasteiger partial charge is 0.465 e. The van der Waals surface area contributed by atoms with E-state index < -0.39 is 0 Å². The fourth-order valence-corrected chi connectivity index (χ4v) is 2.49. The summed E-state index contributed by atoms with van der Waals surface area (Å²) in [6.45, 7) is 4.27. The van der Waals surface area contributed by atoms with E-state index in [0.717, 1.165) is 5.33 Å². The Bertz CT molecular complexity index is 331. The van der Waals surface area contributed by atoms with E-state index in [2.05, 4.69) is 34.5 Å². The number of thiophene rings is 1. The van der Waals surface area contributed by atoms with Crippen molar-refractivity contribution in [3.8, 4) is 0 Å². The number of esters is 1. The summed E-state index contributed by atoms with van der Waals surface area (Å²) in [5.74, 6) is -0.258. The highest BCUT2D eigenvalue weighted by molar-refractivity contribution is 9.09. The Morgan fingerprint density at radius 1 is 1.57 bits per heavy atom. The second-order valence-corrected chi connectivity index (χ2v) is 5.32. The summed E-state index contributed by atoms with van der Waals surface area (Å²) in [6.07, 6.45) is 0. The normalized spacial score (nSPS) is 11.4. The number of methoxy groups -OCH3 is 1. The van der Waals surface area contributed by atoms with Crippen molar-refractivity contribution < 1.29 is 9.53 Å². The summed E-state index contributed by atoms with van der Waals surface area (Å²) in [5, 5.41) is 0.876. The molecule has 0 amide bonds. The van der Waals surface area contributed by atoms with Gasteiger partial charge in [-0.3, -0.25) is 0 Å². The first-order chi connectivity index (χ1) is 6.51. The molecule has 0 aliphatic rings. The molecule has 2 nitrogen and oxygen atoms in total. The van der Waals surface area contributed by atoms with Crippen LogP contribution in [0, 0.1) is 0 Å². The average Bonchev–Trinajstić information content (AvgIpc) is 2.66. The van der Waals surface area contributed by atoms with E-state index >= 15 is 0 Å². The van der Waals surface area contributed by atoms with Crippen LogP contribution in [0.5, 0.6) is 0 Å². The predicted octanol–water partition coefficient (Wildman–Crippen LogP) is 3.21. The third-order valence-electron chi connectivity index (χ3n) is 1.99. The van der Waals surface area contributed by atoms with E-state index in [-0.39, 0.29) is 11.4 Å². The van der Waals surface area contributed by atoms with Crippen molar-refractivity contribution in [3.05, 3.63) is 21.9 Å². The molecule has 0 aliphatic carbocycles. The van der Waals surface area contributed by atoms with Crippen molar-refractivity contribution in [2.24, 2.45) is 0 Å². The van der Waals surface area contributed by atoms with Gasteiger partial charge < -0.3 is 4.74 Å². The monoisotopic (exact) mass is 276 g/mol. The van der Waals surface area contributed by atoms with Gasteiger partial charge in [0.05, 0.1) is 7.11 Å². The SMILES string of the molecule is COC(=O)c1ccc(C(C)(C)CBr)s1. The van der Waals surface area contributed by atoms with E-state index in [0.29, 0.717) is 4.88 Å². The molecule has 1 heterocycles. The van der Waals surface area contributed by atoms with Gasteiger partial charge in [-0.2, -0.15) is 0 Å². The zero-order chi connectivity index (χ0) is 10.8. The topological polar surface area (TPSA) is 26.3 Å². The smallest absolute Gasteiger partial charge is 0.348 e. The van der Waals surface area contributed by atoms with Crippen molar-refractivity contribution in [3.63, 3.8) is 0 Å². The van der Waals surface area contributed by atoms with Crippen molar-refractivity contribution in [2.75, 3.05) is 12.4 Å². The summed E-state index contributed by atoms with van der Waals surface area (Å²) >= 11 is 4.95. The zero-order valence-electron chi connectivity index (χ0n) is 8.46. The van der Waals surface area contributed by atoms with Gasteiger partial charge in [0.15, 0.2) is 0 Å². The predicted molar refractivity (Wildman–Crippen MR) is 62.5 cm³/mol. The highest BCUT2D eigenvalue weighted by Gasteiger charge is 2.22. The van der Waals surface area contributed by atoms with Crippen LogP contribution in [0.3, 0.4) is 0 Å². The molecule has 0 spiro atoms. The number of hydrogen-bond donors (Lipinski definition) is 0. The molecule has 0 saturated carbocycles. The van der Waals surface area contributed by atoms with Crippen LogP contribution in [-0.4, -0.2) is 18.4 Å². The molecule has 0 unspecified atom stereocenters. The third kappa shape index (κ3) is 2.36. The Morgan fingerprint density at radius 3 is 2.71 bits per heavy atom. The summed E-state index contributed by atoms with van der Waals surface area (Å²) in [5.41, 5.74) is 0.0664. The lowest BCUT2D eigenvalue weighted by Crippen LogP contribution is -2.16. The van der Waals surface area contributed by atoms with E-state index in [1.54, 1.807) is 0 Å². The lowest BCUT2D eigenvalue weighted by molar-refractivity contribution is 0.0606. The highest BCUT2D eigenvalue weighted by Crippen LogP contribution is 2.31. The molecule has 0 aromatic carbocycles. The van der Waals surface area contributed by atoms with Crippen molar-refractivity contribution >= 4 is 33.2 Å². The molecule has 0 N–H and O–H groups in total. The minimum Gasteiger partial charge on any atom is -0.465 e. The molecule has 0 saturated heterocycles. The van der Waals surface area contributed by atoms with Gasteiger partial charge in [-0.1, -0.05) is 29.8 Å². The summed E-state index contributed by atoms with van der Waals surface area (Å²) in [7, 11) is 1.40. The van der Waals surface area contributed by atoms with Gasteiger partial charge in [-0.15, -0.1) is 11.3 Å². The Balaban J connectivity index is 2.93. The van der Waals surface area contributed by atoms with E-state index in [1.165, 1.54) is 23.3 Å². The Labute approximate surface area is 96.4 Å². The molecule has 0 bridgehead atoms. The van der Waals surface area contributed by atoms with Gasteiger partial charge in [0, 0.05) is 15.6 Å². The first-order valence-corrected chi connectivity index (χ1v) is 6.19. The van der Waals surface area contributed by atoms with Gasteiger partial charge in [-0.05, 0) is 12.1 Å². The van der Waals surface area contributed by atoms with Gasteiger partial charge in [-0.25, -0.2) is 4.79 Å². The molecule has 4 heteroatoms. The van der Waals surface area contributed by atoms with Crippen LogP contribution in [0.1, 0.15) is 28.4 Å². The Kier molecular flexibility index (Phi) is 3.72. The number of ether oxygens (including phenoxy) is 1. The lowest BCUT2D eigenvalue weighted by Gasteiger charge is -2.19. The minimum absolute atomic E-state index is 0.0664. The van der Waals surface area contributed by atoms with Gasteiger partial charge >= 0.3 is 5.97 Å². The van der Waals surface area contributed by atoms with Crippen LogP contribution in [-0.2, 0) is 10.2 Å². The van der Waals surface area contributed by atoms with Crippen LogP contribution in [0.15, 0.2) is 12.1 Å². The highest BCUT2D eigenvalue weighted by atomic mass is 79.9. The average molecular weight is 277 g/mol. The number of carbonyl (C=O) groups is 1. The second kappa shape index (κ2) is 4.45. The van der Waals surface area contributed by atoms with Gasteiger partial charge in [0.2, 0.25) is 0 Å². The maximum absolute atomic E-state index is 11.2. The van der Waals surface area contributed by atoms with Crippen LogP contribution >= 0.6 is 27.3 Å². The number of alkyl halides is 1. The number of rotatable bonds is 3. The van der Waals surface area contributed by atoms with Crippen molar-refractivity contribution in [1.82, 2.24) is 0 Å². The molecule has 0 aliphatic heterocycles. The van der Waals surface area contributed by atoms with E-state index in [9.17, 15) is 4.79 Å². The number of hydrogen-bond acceptors (Lipinski definition) is 3. The number of halogens is 1. The fourth-order valence-electron chi connectivity index (χ4n) is 0.978. The molecule has 0 atom stereocenters. The van der Waals surface area contributed by atoms with Crippen LogP contribution in [0.2, 0.25) is 0 Å². The second-order valence-electron chi connectivity index (χ2n) is 3.67. The first kappa shape index (κ1) is 11.7. The molecule has 1 rings (SSSR count). The molecular formula is C10H13BrO2S. The van der Waals surface area contributed by atoms with Gasteiger partial charge in [0.1, 0.15) is 4.88 Å². The fraction of sp³-hybridized carbons (Fsp3) is 0.500. The van der Waals surface area contributed by atoms with E-state index in [1.807, 2.05) is 12.1 Å². The molecule has 1 aromatic heterocycles. The number of carbonyl (C=O) groups excluding carboxylic acids is 1. The Morgan fingerprint density at radius 2 is 2.21 bits per heavy atom. The van der Waals surface area contributed by atoms with E-state index in [4.69, 9.17) is 0 Å². The molecule has 14 heavy (non-hydrogen) atoms. The Hall–Kier alpha value is -0.350. The minimum atomic E-state index is -0.258. The summed E-state index contributed by atoms with van der Waals surface area (Å²) < 4.78 is 4.66. The molecule has 1 aromatic rings. The molecule has 0 fully saturated rings. The third-order valence-corrected chi connectivity index (χ3v) is 4.83. The summed E-state index contributed by atoms with van der Waals surface area (Å²) in [6, 6.07) is 3.80. The maximum Gasteiger partial charge on any atom is 0.348 e. The molecule has 78 valence electrons. The van der Waals surface area contributed by atoms with Crippen molar-refractivity contribution in [1.29, 1.82) is 0 Å². The first-order valence-electron chi connectivity index (χ1n) is 4.26. The maximum atomic E-state index is 11.2. The van der Waals surface area contributed by atoms with Crippen LogP contribution in [0.25, 0.3) is 0 Å².